The van der Waals surface area contributed by atoms with E-state index in [1.165, 1.54) is 7.11 Å². The molecule has 0 amide bonds. The van der Waals surface area contributed by atoms with Crippen LogP contribution in [0.5, 0.6) is 0 Å². The van der Waals surface area contributed by atoms with Crippen LogP contribution < -0.4 is 5.90 Å². The Morgan fingerprint density at radius 2 is 2.00 bits per heavy atom. The van der Waals surface area contributed by atoms with E-state index < -0.39 is 0 Å². The van der Waals surface area contributed by atoms with Gasteiger partial charge in [-0.1, -0.05) is 0 Å². The first kappa shape index (κ1) is 10.5. The van der Waals surface area contributed by atoms with Crippen LogP contribution in [0.15, 0.2) is 0 Å². The van der Waals surface area contributed by atoms with Crippen LogP contribution in [-0.2, 0) is 14.4 Å². The van der Waals surface area contributed by atoms with Gasteiger partial charge in [0.15, 0.2) is 0 Å². The van der Waals surface area contributed by atoms with E-state index >= 15 is 0 Å². The smallest absolute Gasteiger partial charge is 0.308 e. The maximum Gasteiger partial charge on any atom is 0.308 e. The maximum absolute atomic E-state index is 11.2. The van der Waals surface area contributed by atoms with Gasteiger partial charge in [-0.2, -0.15) is 0 Å². The molecule has 0 bridgehead atoms. The summed E-state index contributed by atoms with van der Waals surface area (Å²) in [6.45, 7) is 0.605. The van der Waals surface area contributed by atoms with Gasteiger partial charge in [0.2, 0.25) is 0 Å². The maximum atomic E-state index is 11.2. The lowest BCUT2D eigenvalue weighted by Gasteiger charge is -2.25. The van der Waals surface area contributed by atoms with Crippen molar-refractivity contribution in [1.82, 2.24) is 0 Å². The van der Waals surface area contributed by atoms with E-state index in [1.54, 1.807) is 0 Å². The number of nitrogens with two attached hydrogens (primary N) is 1. The molecule has 1 aliphatic rings. The summed E-state index contributed by atoms with van der Waals surface area (Å²) < 4.78 is 4.69. The van der Waals surface area contributed by atoms with Crippen molar-refractivity contribution in [2.75, 3.05) is 13.7 Å². The lowest BCUT2D eigenvalue weighted by atomic mass is 9.82. The Hall–Kier alpha value is -0.610. The van der Waals surface area contributed by atoms with Crippen LogP contribution in [0.25, 0.3) is 0 Å². The van der Waals surface area contributed by atoms with Gasteiger partial charge in [-0.05, 0) is 31.6 Å². The van der Waals surface area contributed by atoms with Gasteiger partial charge in [0.25, 0.3) is 0 Å². The lowest BCUT2D eigenvalue weighted by molar-refractivity contribution is -0.147. The number of rotatable bonds is 3. The molecule has 0 saturated heterocycles. The zero-order valence-corrected chi connectivity index (χ0v) is 7.99. The largest absolute Gasteiger partial charge is 0.469 e. The second-order valence-electron chi connectivity index (χ2n) is 3.57. The molecular weight excluding hydrogens is 170 g/mol. The average Bonchev–Trinajstić information content (AvgIpc) is 2.18. The van der Waals surface area contributed by atoms with E-state index in [0.29, 0.717) is 12.5 Å². The molecule has 0 heterocycles. The van der Waals surface area contributed by atoms with Crippen LogP contribution in [-0.4, -0.2) is 19.7 Å². The second kappa shape index (κ2) is 5.19. The van der Waals surface area contributed by atoms with E-state index in [-0.39, 0.29) is 11.9 Å². The summed E-state index contributed by atoms with van der Waals surface area (Å²) in [5.74, 6) is 5.53. The highest BCUT2D eigenvalue weighted by Gasteiger charge is 2.26. The third kappa shape index (κ3) is 2.97. The van der Waals surface area contributed by atoms with E-state index in [9.17, 15) is 4.79 Å². The van der Waals surface area contributed by atoms with Crippen molar-refractivity contribution in [3.63, 3.8) is 0 Å². The quantitative estimate of drug-likeness (QED) is 0.525. The molecule has 0 radical (unpaired) electrons. The first-order valence-electron chi connectivity index (χ1n) is 4.67. The predicted molar refractivity (Wildman–Crippen MR) is 47.6 cm³/mol. The van der Waals surface area contributed by atoms with E-state index in [4.69, 9.17) is 10.6 Å². The summed E-state index contributed by atoms with van der Waals surface area (Å²) in [6.07, 6.45) is 3.83. The fourth-order valence-electron chi connectivity index (χ4n) is 1.87. The zero-order valence-electron chi connectivity index (χ0n) is 7.99. The van der Waals surface area contributed by atoms with Gasteiger partial charge < -0.3 is 9.57 Å². The SMILES string of the molecule is COC(=O)C1CCC(CON)CC1. The summed E-state index contributed by atoms with van der Waals surface area (Å²) >= 11 is 0. The number of hydrogen-bond donors (Lipinski definition) is 1. The summed E-state index contributed by atoms with van der Waals surface area (Å²) in [5, 5.41) is 0. The van der Waals surface area contributed by atoms with Crippen molar-refractivity contribution >= 4 is 5.97 Å². The van der Waals surface area contributed by atoms with E-state index in [0.717, 1.165) is 25.7 Å². The molecule has 0 unspecified atom stereocenters. The minimum atomic E-state index is -0.0767. The van der Waals surface area contributed by atoms with Crippen LogP contribution in [0.1, 0.15) is 25.7 Å². The standard InChI is InChI=1S/C9H17NO3/c1-12-9(11)8-4-2-7(3-5-8)6-13-10/h7-8H,2-6,10H2,1H3. The summed E-state index contributed by atoms with van der Waals surface area (Å²) in [6, 6.07) is 0. The monoisotopic (exact) mass is 187 g/mol. The fraction of sp³-hybridized carbons (Fsp3) is 0.889. The normalized spacial score (nSPS) is 28.5. The van der Waals surface area contributed by atoms with Crippen molar-refractivity contribution < 1.29 is 14.4 Å². The summed E-state index contributed by atoms with van der Waals surface area (Å²) in [5.41, 5.74) is 0. The summed E-state index contributed by atoms with van der Waals surface area (Å²) in [4.78, 5) is 15.7. The molecule has 0 aromatic rings. The van der Waals surface area contributed by atoms with Gasteiger partial charge in [0.05, 0.1) is 19.6 Å². The number of carbonyl (C=O) groups excluding carboxylic acids is 1. The number of ether oxygens (including phenoxy) is 1. The van der Waals surface area contributed by atoms with Crippen LogP contribution in [0.4, 0.5) is 0 Å². The average molecular weight is 187 g/mol. The summed E-state index contributed by atoms with van der Waals surface area (Å²) in [7, 11) is 1.44. The Morgan fingerprint density at radius 3 is 2.46 bits per heavy atom. The van der Waals surface area contributed by atoms with Crippen LogP contribution in [0, 0.1) is 11.8 Å². The van der Waals surface area contributed by atoms with Crippen molar-refractivity contribution in [1.29, 1.82) is 0 Å². The van der Waals surface area contributed by atoms with Crippen LogP contribution >= 0.6 is 0 Å². The van der Waals surface area contributed by atoms with Gasteiger partial charge >= 0.3 is 5.97 Å². The highest BCUT2D eigenvalue weighted by molar-refractivity contribution is 5.72. The van der Waals surface area contributed by atoms with Gasteiger partial charge in [0, 0.05) is 0 Å². The molecule has 1 fully saturated rings. The number of esters is 1. The first-order valence-corrected chi connectivity index (χ1v) is 4.67. The lowest BCUT2D eigenvalue weighted by Crippen LogP contribution is -2.25. The van der Waals surface area contributed by atoms with Gasteiger partial charge in [-0.15, -0.1) is 0 Å². The first-order chi connectivity index (χ1) is 6.27. The zero-order chi connectivity index (χ0) is 9.68. The molecule has 76 valence electrons. The molecule has 4 heteroatoms. The molecule has 0 aromatic heterocycles. The Balaban J connectivity index is 2.26. The third-order valence-electron chi connectivity index (χ3n) is 2.71. The molecule has 4 nitrogen and oxygen atoms in total. The minimum absolute atomic E-state index is 0.0767. The van der Waals surface area contributed by atoms with Crippen molar-refractivity contribution in [2.45, 2.75) is 25.7 Å². The highest BCUT2D eigenvalue weighted by Crippen LogP contribution is 2.29. The Labute approximate surface area is 78.3 Å². The molecule has 0 aromatic carbocycles. The van der Waals surface area contributed by atoms with Gasteiger partial charge in [-0.25, -0.2) is 5.90 Å². The Morgan fingerprint density at radius 1 is 1.38 bits per heavy atom. The molecule has 0 spiro atoms. The van der Waals surface area contributed by atoms with Crippen LogP contribution in [0.2, 0.25) is 0 Å². The van der Waals surface area contributed by atoms with Gasteiger partial charge in [-0.3, -0.25) is 4.79 Å². The second-order valence-corrected chi connectivity index (χ2v) is 3.57. The third-order valence-corrected chi connectivity index (χ3v) is 2.71. The number of methoxy groups -OCH3 is 1. The Kier molecular flexibility index (Phi) is 4.18. The molecule has 0 atom stereocenters. The predicted octanol–water partition coefficient (Wildman–Crippen LogP) is 0.856. The molecule has 1 saturated carbocycles. The molecule has 2 N–H and O–H groups in total. The van der Waals surface area contributed by atoms with E-state index in [1.807, 2.05) is 0 Å². The Bertz CT molecular complexity index is 164. The minimum Gasteiger partial charge on any atom is -0.469 e. The topological polar surface area (TPSA) is 61.5 Å². The van der Waals surface area contributed by atoms with Gasteiger partial charge in [0.1, 0.15) is 0 Å². The molecule has 1 rings (SSSR count). The highest BCUT2D eigenvalue weighted by atomic mass is 16.6. The number of carbonyl (C=O) groups is 1. The molecule has 0 aliphatic heterocycles. The number of hydrogen-bond acceptors (Lipinski definition) is 4. The fourth-order valence-corrected chi connectivity index (χ4v) is 1.87. The van der Waals surface area contributed by atoms with Crippen molar-refractivity contribution in [3.8, 4) is 0 Å². The van der Waals surface area contributed by atoms with Crippen LogP contribution in [0.3, 0.4) is 0 Å². The molecule has 13 heavy (non-hydrogen) atoms. The molecular formula is C9H17NO3. The molecule has 1 aliphatic carbocycles. The van der Waals surface area contributed by atoms with Crippen molar-refractivity contribution in [2.24, 2.45) is 17.7 Å². The van der Waals surface area contributed by atoms with Crippen molar-refractivity contribution in [3.05, 3.63) is 0 Å². The van der Waals surface area contributed by atoms with E-state index in [2.05, 4.69) is 4.84 Å².